The van der Waals surface area contributed by atoms with Gasteiger partial charge in [0.15, 0.2) is 0 Å². The molecule has 0 fully saturated rings. The van der Waals surface area contributed by atoms with Gasteiger partial charge in [-0.05, 0) is 77.2 Å². The summed E-state index contributed by atoms with van der Waals surface area (Å²) in [4.78, 5) is 0. The molecule has 0 saturated carbocycles. The third kappa shape index (κ3) is 3.20. The fraction of sp³-hybridized carbons (Fsp3) is 0. The molecule has 178 valence electrons. The Morgan fingerprint density at radius 3 is 1.56 bits per heavy atom. The predicted octanol–water partition coefficient (Wildman–Crippen LogP) is 9.44. The van der Waals surface area contributed by atoms with E-state index in [0.717, 1.165) is 10.8 Å². The van der Waals surface area contributed by atoms with Crippen molar-refractivity contribution in [3.05, 3.63) is 140 Å². The molecule has 0 amide bonds. The summed E-state index contributed by atoms with van der Waals surface area (Å²) in [5.41, 5.74) is 13.4. The van der Waals surface area contributed by atoms with Crippen molar-refractivity contribution in [1.82, 2.24) is 0 Å². The fourth-order valence-electron chi connectivity index (χ4n) is 6.58. The van der Waals surface area contributed by atoms with Crippen LogP contribution in [0.15, 0.2) is 140 Å². The Balaban J connectivity index is 1.62. The zero-order valence-corrected chi connectivity index (χ0v) is 21.4. The minimum Gasteiger partial charge on any atom is -0.0889 e. The van der Waals surface area contributed by atoms with Crippen LogP contribution in [0.1, 0.15) is 0 Å². The van der Waals surface area contributed by atoms with Crippen LogP contribution in [-0.4, -0.2) is 7.85 Å². The quantitative estimate of drug-likeness (QED) is 0.216. The molecule has 7 aromatic carbocycles. The Hall–Kier alpha value is -4.88. The summed E-state index contributed by atoms with van der Waals surface area (Å²) in [5.74, 6) is 0. The molecule has 1 heteroatoms. The first-order valence-corrected chi connectivity index (χ1v) is 13.4. The van der Waals surface area contributed by atoms with E-state index in [4.69, 9.17) is 7.85 Å². The molecule has 8 rings (SSSR count). The fourth-order valence-corrected chi connectivity index (χ4v) is 6.58. The highest BCUT2D eigenvalue weighted by molar-refractivity contribution is 6.41. The Morgan fingerprint density at radius 2 is 0.821 bits per heavy atom. The molecular formula is C38H23B. The van der Waals surface area contributed by atoms with Crippen molar-refractivity contribution < 1.29 is 0 Å². The van der Waals surface area contributed by atoms with Crippen LogP contribution in [0, 0.1) is 0 Å². The van der Waals surface area contributed by atoms with E-state index >= 15 is 0 Å². The largest absolute Gasteiger partial charge is 0.114 e. The molecular weight excluding hydrogens is 467 g/mol. The van der Waals surface area contributed by atoms with Gasteiger partial charge in [-0.25, -0.2) is 0 Å². The minimum atomic E-state index is 0.820. The van der Waals surface area contributed by atoms with E-state index < -0.39 is 0 Å². The first kappa shape index (κ1) is 22.1. The SMILES string of the molecule is [B]c1ccc2c3c(cccc13)-c1c-2c(-c2ccccc2-c2ccccc2)c2ccccc2c1-c1ccccc1. The number of fused-ring (bicyclic) bond motifs is 4. The average molecular weight is 490 g/mol. The van der Waals surface area contributed by atoms with Crippen molar-refractivity contribution in [2.45, 2.75) is 0 Å². The lowest BCUT2D eigenvalue weighted by Crippen LogP contribution is -2.03. The molecule has 2 radical (unpaired) electrons. The number of benzene rings is 7. The molecule has 0 heterocycles. The van der Waals surface area contributed by atoms with Gasteiger partial charge in [0, 0.05) is 0 Å². The molecule has 0 nitrogen and oxygen atoms in total. The zero-order chi connectivity index (χ0) is 25.9. The minimum absolute atomic E-state index is 0.820. The van der Waals surface area contributed by atoms with Crippen molar-refractivity contribution in [1.29, 1.82) is 0 Å². The summed E-state index contributed by atoms with van der Waals surface area (Å²) < 4.78 is 0. The zero-order valence-electron chi connectivity index (χ0n) is 21.4. The molecule has 0 unspecified atom stereocenters. The lowest BCUT2D eigenvalue weighted by molar-refractivity contribution is 1.59. The van der Waals surface area contributed by atoms with Crippen LogP contribution in [0.3, 0.4) is 0 Å². The summed E-state index contributed by atoms with van der Waals surface area (Å²) in [7, 11) is 6.55. The van der Waals surface area contributed by atoms with Gasteiger partial charge in [-0.3, -0.25) is 0 Å². The van der Waals surface area contributed by atoms with Crippen molar-refractivity contribution in [3.8, 4) is 55.6 Å². The van der Waals surface area contributed by atoms with Crippen LogP contribution in [0.5, 0.6) is 0 Å². The maximum absolute atomic E-state index is 6.55. The molecule has 0 atom stereocenters. The van der Waals surface area contributed by atoms with Crippen LogP contribution in [0.4, 0.5) is 0 Å². The van der Waals surface area contributed by atoms with Gasteiger partial charge in [-0.15, -0.1) is 0 Å². The van der Waals surface area contributed by atoms with Gasteiger partial charge < -0.3 is 0 Å². The first-order valence-electron chi connectivity index (χ1n) is 13.4. The Bertz CT molecular complexity index is 2050. The van der Waals surface area contributed by atoms with Gasteiger partial charge in [0.05, 0.1) is 0 Å². The third-order valence-corrected chi connectivity index (χ3v) is 8.17. The van der Waals surface area contributed by atoms with E-state index in [1.165, 1.54) is 71.8 Å². The van der Waals surface area contributed by atoms with Crippen molar-refractivity contribution in [2.24, 2.45) is 0 Å². The summed E-state index contributed by atoms with van der Waals surface area (Å²) in [6, 6.07) is 50.1. The molecule has 1 aliphatic carbocycles. The van der Waals surface area contributed by atoms with Crippen LogP contribution in [0.25, 0.3) is 77.2 Å². The van der Waals surface area contributed by atoms with Crippen molar-refractivity contribution in [3.63, 3.8) is 0 Å². The van der Waals surface area contributed by atoms with Gasteiger partial charge in [0.1, 0.15) is 7.85 Å². The highest BCUT2D eigenvalue weighted by Gasteiger charge is 2.31. The molecule has 0 aliphatic heterocycles. The van der Waals surface area contributed by atoms with E-state index in [1.54, 1.807) is 0 Å². The van der Waals surface area contributed by atoms with E-state index in [2.05, 4.69) is 140 Å². The second-order valence-electron chi connectivity index (χ2n) is 10.3. The maximum Gasteiger partial charge on any atom is 0.114 e. The van der Waals surface area contributed by atoms with Gasteiger partial charge in [-0.1, -0.05) is 145 Å². The van der Waals surface area contributed by atoms with E-state index in [-0.39, 0.29) is 0 Å². The second-order valence-corrected chi connectivity index (χ2v) is 10.3. The van der Waals surface area contributed by atoms with Crippen LogP contribution >= 0.6 is 0 Å². The number of hydrogen-bond acceptors (Lipinski definition) is 0. The van der Waals surface area contributed by atoms with Crippen molar-refractivity contribution in [2.75, 3.05) is 0 Å². The highest BCUT2D eigenvalue weighted by atomic mass is 14.3. The molecule has 0 bridgehead atoms. The molecule has 0 aromatic heterocycles. The lowest BCUT2D eigenvalue weighted by Gasteiger charge is -2.22. The van der Waals surface area contributed by atoms with Gasteiger partial charge in [0.25, 0.3) is 0 Å². The molecule has 0 spiro atoms. The average Bonchev–Trinajstić information content (AvgIpc) is 3.33. The van der Waals surface area contributed by atoms with Crippen LogP contribution in [0.2, 0.25) is 0 Å². The topological polar surface area (TPSA) is 0 Å². The Labute approximate surface area is 229 Å². The number of rotatable bonds is 3. The van der Waals surface area contributed by atoms with Gasteiger partial charge >= 0.3 is 0 Å². The molecule has 39 heavy (non-hydrogen) atoms. The van der Waals surface area contributed by atoms with E-state index in [0.29, 0.717) is 0 Å². The van der Waals surface area contributed by atoms with Crippen LogP contribution < -0.4 is 5.46 Å². The molecule has 0 N–H and O–H groups in total. The van der Waals surface area contributed by atoms with E-state index in [9.17, 15) is 0 Å². The normalized spacial score (nSPS) is 11.7. The summed E-state index contributed by atoms with van der Waals surface area (Å²) in [5, 5.41) is 4.89. The molecule has 7 aromatic rings. The van der Waals surface area contributed by atoms with Crippen molar-refractivity contribution >= 4 is 34.9 Å². The number of hydrogen-bond donors (Lipinski definition) is 0. The first-order chi connectivity index (χ1) is 19.3. The van der Waals surface area contributed by atoms with E-state index in [1.807, 2.05) is 0 Å². The van der Waals surface area contributed by atoms with Gasteiger partial charge in [-0.2, -0.15) is 0 Å². The van der Waals surface area contributed by atoms with Gasteiger partial charge in [0.2, 0.25) is 0 Å². The standard InChI is InChI=1S/C38H23B/c39-33-23-22-32-35-30(33)20-11-21-31(35)37-34(25-14-5-2-6-15-25)28-18-9-10-19-29(28)36(38(32)37)27-17-8-7-16-26(27)24-12-3-1-4-13-24/h1-23H. The second kappa shape index (κ2) is 8.58. The predicted molar refractivity (Wildman–Crippen MR) is 168 cm³/mol. The summed E-state index contributed by atoms with van der Waals surface area (Å²) >= 11 is 0. The maximum atomic E-state index is 6.55. The summed E-state index contributed by atoms with van der Waals surface area (Å²) in [6.45, 7) is 0. The van der Waals surface area contributed by atoms with Crippen LogP contribution in [-0.2, 0) is 0 Å². The third-order valence-electron chi connectivity index (χ3n) is 8.17. The Morgan fingerprint density at radius 1 is 0.308 bits per heavy atom. The highest BCUT2D eigenvalue weighted by Crippen LogP contribution is 2.58. The monoisotopic (exact) mass is 490 g/mol. The molecule has 1 aliphatic rings. The lowest BCUT2D eigenvalue weighted by atomic mass is 9.81. The smallest absolute Gasteiger partial charge is 0.0889 e. The summed E-state index contributed by atoms with van der Waals surface area (Å²) in [6.07, 6.45) is 0. The molecule has 0 saturated heterocycles. The Kier molecular flexibility index (Phi) is 4.87.